The molecule has 2 heterocycles. The lowest BCUT2D eigenvalue weighted by Crippen LogP contribution is -2.46. The number of likely N-dealkylation sites (N-methyl/N-ethyl adjacent to an activating group) is 1. The number of aliphatic hydroxyl groups excluding tert-OH is 1. The molecule has 2 unspecified atom stereocenters. The van der Waals surface area contributed by atoms with Crippen molar-refractivity contribution in [3.8, 4) is 0 Å². The van der Waals surface area contributed by atoms with Gasteiger partial charge >= 0.3 is 0 Å². The highest BCUT2D eigenvalue weighted by molar-refractivity contribution is 5.81. The van der Waals surface area contributed by atoms with Crippen molar-refractivity contribution in [1.29, 1.82) is 0 Å². The molecule has 6 nitrogen and oxygen atoms in total. The van der Waals surface area contributed by atoms with E-state index in [2.05, 4.69) is 10.00 Å². The molecule has 1 aromatic heterocycles. The predicted molar refractivity (Wildman–Crippen MR) is 71.5 cm³/mol. The Morgan fingerprint density at radius 3 is 2.95 bits per heavy atom. The molecule has 2 rings (SSSR count). The summed E-state index contributed by atoms with van der Waals surface area (Å²) in [5.74, 6) is 0.129. The number of carbonyl (C=O) groups is 1. The van der Waals surface area contributed by atoms with E-state index in [1.54, 1.807) is 29.9 Å². The minimum atomic E-state index is -0.504. The first-order valence-electron chi connectivity index (χ1n) is 6.68. The van der Waals surface area contributed by atoms with Crippen molar-refractivity contribution < 1.29 is 9.90 Å². The molecular weight excluding hydrogens is 244 g/mol. The summed E-state index contributed by atoms with van der Waals surface area (Å²) in [6, 6.07) is 1.75. The van der Waals surface area contributed by atoms with Gasteiger partial charge in [-0.2, -0.15) is 5.10 Å². The van der Waals surface area contributed by atoms with Crippen LogP contribution in [-0.2, 0) is 11.3 Å². The predicted octanol–water partition coefficient (Wildman–Crippen LogP) is -0.203. The maximum Gasteiger partial charge on any atom is 0.239 e. The summed E-state index contributed by atoms with van der Waals surface area (Å²) in [6.07, 6.45) is 4.91. The highest BCUT2D eigenvalue weighted by Gasteiger charge is 2.32. The third-order valence-corrected chi connectivity index (χ3v) is 3.49. The van der Waals surface area contributed by atoms with Gasteiger partial charge in [-0.25, -0.2) is 0 Å². The molecule has 0 aliphatic carbocycles. The first kappa shape index (κ1) is 14.0. The van der Waals surface area contributed by atoms with Gasteiger partial charge in [0.15, 0.2) is 0 Å². The van der Waals surface area contributed by atoms with E-state index in [0.29, 0.717) is 13.1 Å². The number of aromatic nitrogens is 2. The van der Waals surface area contributed by atoms with Crippen LogP contribution in [0.4, 0.5) is 0 Å². The molecule has 1 N–H and O–H groups in total. The van der Waals surface area contributed by atoms with Crippen molar-refractivity contribution >= 4 is 5.91 Å². The van der Waals surface area contributed by atoms with Gasteiger partial charge in [-0.15, -0.1) is 0 Å². The summed E-state index contributed by atoms with van der Waals surface area (Å²) in [5, 5.41) is 14.2. The number of hydrogen-bond donors (Lipinski definition) is 1. The number of likely N-dealkylation sites (tertiary alicyclic amines) is 1. The van der Waals surface area contributed by atoms with Crippen LogP contribution in [0.15, 0.2) is 18.5 Å². The van der Waals surface area contributed by atoms with Crippen molar-refractivity contribution in [3.05, 3.63) is 18.5 Å². The van der Waals surface area contributed by atoms with Gasteiger partial charge in [-0.1, -0.05) is 0 Å². The second kappa shape index (κ2) is 6.16. The summed E-state index contributed by atoms with van der Waals surface area (Å²) in [7, 11) is 3.55. The zero-order valence-corrected chi connectivity index (χ0v) is 11.6. The Morgan fingerprint density at radius 2 is 2.32 bits per heavy atom. The molecule has 0 saturated carbocycles. The van der Waals surface area contributed by atoms with Gasteiger partial charge in [0.1, 0.15) is 0 Å². The summed E-state index contributed by atoms with van der Waals surface area (Å²) in [4.78, 5) is 15.7. The Kier molecular flexibility index (Phi) is 4.55. The van der Waals surface area contributed by atoms with Crippen LogP contribution in [0.2, 0.25) is 0 Å². The minimum Gasteiger partial charge on any atom is -0.390 e. The lowest BCUT2D eigenvalue weighted by molar-refractivity contribution is -0.133. The molecule has 19 heavy (non-hydrogen) atoms. The Bertz CT molecular complexity index is 405. The van der Waals surface area contributed by atoms with Gasteiger partial charge in [0.2, 0.25) is 5.91 Å². The fourth-order valence-electron chi connectivity index (χ4n) is 2.58. The number of carbonyl (C=O) groups excluding carboxylic acids is 1. The van der Waals surface area contributed by atoms with Gasteiger partial charge < -0.3 is 10.0 Å². The number of aliphatic hydroxyl groups is 1. The van der Waals surface area contributed by atoms with Crippen molar-refractivity contribution in [2.75, 3.05) is 27.2 Å². The summed E-state index contributed by atoms with van der Waals surface area (Å²) < 4.78 is 1.71. The topological polar surface area (TPSA) is 61.6 Å². The molecule has 1 aromatic rings. The van der Waals surface area contributed by atoms with E-state index < -0.39 is 6.10 Å². The molecule has 1 saturated heterocycles. The molecule has 0 aromatic carbocycles. The van der Waals surface area contributed by atoms with Gasteiger partial charge in [-0.3, -0.25) is 14.4 Å². The maximum absolute atomic E-state index is 12.0. The van der Waals surface area contributed by atoms with Gasteiger partial charge in [0, 0.05) is 33.0 Å². The average Bonchev–Trinajstić information content (AvgIpc) is 2.99. The molecule has 1 aliphatic rings. The van der Waals surface area contributed by atoms with Crippen LogP contribution in [0.5, 0.6) is 0 Å². The number of rotatable bonds is 5. The largest absolute Gasteiger partial charge is 0.390 e. The molecule has 0 spiro atoms. The quantitative estimate of drug-likeness (QED) is 0.801. The molecule has 0 radical (unpaired) electrons. The Balaban J connectivity index is 1.88. The number of nitrogens with zero attached hydrogens (tertiary/aromatic N) is 4. The Labute approximate surface area is 113 Å². The molecule has 1 aliphatic heterocycles. The fraction of sp³-hybridized carbons (Fsp3) is 0.692. The molecule has 1 fully saturated rings. The molecule has 106 valence electrons. The van der Waals surface area contributed by atoms with E-state index in [0.717, 1.165) is 19.4 Å². The highest BCUT2D eigenvalue weighted by atomic mass is 16.3. The second-order valence-electron chi connectivity index (χ2n) is 5.27. The van der Waals surface area contributed by atoms with Crippen LogP contribution in [0.25, 0.3) is 0 Å². The Morgan fingerprint density at radius 1 is 1.53 bits per heavy atom. The molecule has 6 heteroatoms. The van der Waals surface area contributed by atoms with Crippen molar-refractivity contribution in [2.24, 2.45) is 0 Å². The van der Waals surface area contributed by atoms with E-state index in [-0.39, 0.29) is 11.9 Å². The monoisotopic (exact) mass is 266 g/mol. The third-order valence-electron chi connectivity index (χ3n) is 3.49. The summed E-state index contributed by atoms with van der Waals surface area (Å²) >= 11 is 0. The summed E-state index contributed by atoms with van der Waals surface area (Å²) in [5.41, 5.74) is 0. The molecule has 2 atom stereocenters. The Hall–Kier alpha value is -1.40. The van der Waals surface area contributed by atoms with Gasteiger partial charge in [-0.05, 0) is 25.5 Å². The van der Waals surface area contributed by atoms with E-state index in [4.69, 9.17) is 0 Å². The average molecular weight is 266 g/mol. The zero-order valence-electron chi connectivity index (χ0n) is 11.6. The minimum absolute atomic E-state index is 0.0812. The zero-order chi connectivity index (χ0) is 13.8. The maximum atomic E-state index is 12.0. The van der Waals surface area contributed by atoms with Crippen LogP contribution < -0.4 is 0 Å². The number of hydrogen-bond acceptors (Lipinski definition) is 4. The molecule has 1 amide bonds. The van der Waals surface area contributed by atoms with E-state index in [1.807, 2.05) is 12.3 Å². The smallest absolute Gasteiger partial charge is 0.239 e. The van der Waals surface area contributed by atoms with E-state index in [1.165, 1.54) is 0 Å². The highest BCUT2D eigenvalue weighted by Crippen LogP contribution is 2.19. The molecule has 0 bridgehead atoms. The van der Waals surface area contributed by atoms with Crippen molar-refractivity contribution in [2.45, 2.75) is 31.5 Å². The normalized spacial score (nSPS) is 21.5. The first-order chi connectivity index (χ1) is 9.08. The van der Waals surface area contributed by atoms with E-state index >= 15 is 0 Å². The van der Waals surface area contributed by atoms with Crippen LogP contribution >= 0.6 is 0 Å². The van der Waals surface area contributed by atoms with Gasteiger partial charge in [0.25, 0.3) is 0 Å². The van der Waals surface area contributed by atoms with Crippen LogP contribution in [0.3, 0.4) is 0 Å². The SMILES string of the molecule is CN(C)C(=O)C1CCCN1CC(O)Cn1cccn1. The lowest BCUT2D eigenvalue weighted by Gasteiger charge is -2.27. The van der Waals surface area contributed by atoms with Crippen LogP contribution in [0.1, 0.15) is 12.8 Å². The van der Waals surface area contributed by atoms with Crippen molar-refractivity contribution in [1.82, 2.24) is 19.6 Å². The molecular formula is C13H22N4O2. The standard InChI is InChI=1S/C13H22N4O2/c1-15(2)13(19)12-5-3-7-16(12)9-11(18)10-17-8-4-6-14-17/h4,6,8,11-12,18H,3,5,7,9-10H2,1-2H3. The number of amides is 1. The third kappa shape index (κ3) is 3.54. The second-order valence-corrected chi connectivity index (χ2v) is 5.27. The van der Waals surface area contributed by atoms with Crippen molar-refractivity contribution in [3.63, 3.8) is 0 Å². The lowest BCUT2D eigenvalue weighted by atomic mass is 10.2. The van der Waals surface area contributed by atoms with Crippen LogP contribution in [0, 0.1) is 0 Å². The fourth-order valence-corrected chi connectivity index (χ4v) is 2.58. The van der Waals surface area contributed by atoms with Crippen LogP contribution in [-0.4, -0.2) is 69.9 Å². The first-order valence-corrected chi connectivity index (χ1v) is 6.68. The van der Waals surface area contributed by atoms with Gasteiger partial charge in [0.05, 0.1) is 18.7 Å². The number of β-amino-alcohol motifs (C(OH)–C–C–N with tert-alkyl or cyclic N) is 1. The van der Waals surface area contributed by atoms with E-state index in [9.17, 15) is 9.90 Å². The summed E-state index contributed by atoms with van der Waals surface area (Å²) in [6.45, 7) is 1.86.